The number of hydrogen-bond donors (Lipinski definition) is 0. The van der Waals surface area contributed by atoms with Gasteiger partial charge in [0.1, 0.15) is 11.5 Å². The molecular formula is C49H35NOS. The van der Waals surface area contributed by atoms with Crippen molar-refractivity contribution in [3.8, 4) is 44.9 Å². The second-order valence-corrected chi connectivity index (χ2v) is 14.7. The van der Waals surface area contributed by atoms with Gasteiger partial charge in [0.25, 0.3) is 0 Å². The largest absolute Gasteiger partial charge is 0.457 e. The maximum atomic E-state index is 6.87. The molecule has 7 aromatic carbocycles. The number of ether oxygens (including phenoxy) is 1. The predicted molar refractivity (Wildman–Crippen MR) is 216 cm³/mol. The highest BCUT2D eigenvalue weighted by Crippen LogP contribution is 2.64. The van der Waals surface area contributed by atoms with E-state index in [4.69, 9.17) is 4.74 Å². The monoisotopic (exact) mass is 685 g/mol. The Bertz CT molecular complexity index is 2500. The van der Waals surface area contributed by atoms with Gasteiger partial charge in [0.15, 0.2) is 0 Å². The molecule has 0 saturated heterocycles. The molecule has 0 amide bonds. The summed E-state index contributed by atoms with van der Waals surface area (Å²) in [7, 11) is 0. The number of hydrogen-bond acceptors (Lipinski definition) is 3. The molecule has 0 atom stereocenters. The van der Waals surface area contributed by atoms with Gasteiger partial charge in [-0.1, -0.05) is 140 Å². The third kappa shape index (κ3) is 4.77. The average Bonchev–Trinajstić information content (AvgIpc) is 3.71. The average molecular weight is 686 g/mol. The van der Waals surface area contributed by atoms with Gasteiger partial charge in [0.2, 0.25) is 0 Å². The summed E-state index contributed by atoms with van der Waals surface area (Å²) in [4.78, 5) is 3.85. The van der Waals surface area contributed by atoms with Crippen molar-refractivity contribution in [2.24, 2.45) is 0 Å². The van der Waals surface area contributed by atoms with E-state index in [0.29, 0.717) is 0 Å². The molecule has 1 spiro atoms. The van der Waals surface area contributed by atoms with Crippen molar-refractivity contribution in [1.29, 1.82) is 0 Å². The number of aryl methyl sites for hydroxylation is 1. The van der Waals surface area contributed by atoms with E-state index in [-0.39, 0.29) is 0 Å². The zero-order valence-electron chi connectivity index (χ0n) is 28.8. The molecule has 0 aliphatic carbocycles. The SMILES string of the molecule is Cc1cc(-c2ccccc2)ccc1CN1c2ccccc2C2(c3cc(-c4ccccc4)ccc3Oc3ccc(-c4ccccc4)cc32)c2sccc21. The molecule has 8 aromatic rings. The summed E-state index contributed by atoms with van der Waals surface area (Å²) in [5.41, 5.74) is 15.3. The maximum absolute atomic E-state index is 6.87. The van der Waals surface area contributed by atoms with Crippen LogP contribution in [0.4, 0.5) is 11.4 Å². The summed E-state index contributed by atoms with van der Waals surface area (Å²) in [6.45, 7) is 3.01. The summed E-state index contributed by atoms with van der Waals surface area (Å²) in [6.07, 6.45) is 0. The van der Waals surface area contributed by atoms with Crippen molar-refractivity contribution in [2.75, 3.05) is 4.90 Å². The number of para-hydroxylation sites is 1. The second kappa shape index (κ2) is 12.3. The van der Waals surface area contributed by atoms with Crippen molar-refractivity contribution in [3.05, 3.63) is 214 Å². The van der Waals surface area contributed by atoms with E-state index in [1.165, 1.54) is 77.4 Å². The Kier molecular flexibility index (Phi) is 7.23. The van der Waals surface area contributed by atoms with Crippen LogP contribution in [0, 0.1) is 6.92 Å². The van der Waals surface area contributed by atoms with Gasteiger partial charge in [-0.25, -0.2) is 0 Å². The fourth-order valence-electron chi connectivity index (χ4n) is 8.34. The first-order chi connectivity index (χ1) is 25.7. The number of fused-ring (bicyclic) bond motifs is 8. The summed E-state index contributed by atoms with van der Waals surface area (Å²) in [5.74, 6) is 1.80. The first-order valence-electron chi connectivity index (χ1n) is 17.9. The molecule has 10 rings (SSSR count). The molecule has 248 valence electrons. The minimum atomic E-state index is -0.596. The molecule has 0 saturated carbocycles. The maximum Gasteiger partial charge on any atom is 0.132 e. The second-order valence-electron chi connectivity index (χ2n) is 13.8. The molecule has 0 fully saturated rings. The van der Waals surface area contributed by atoms with Crippen LogP contribution in [0.1, 0.15) is 32.7 Å². The van der Waals surface area contributed by atoms with Crippen LogP contribution in [0.3, 0.4) is 0 Å². The highest BCUT2D eigenvalue weighted by Gasteiger charge is 2.52. The van der Waals surface area contributed by atoms with Crippen LogP contribution in [0.25, 0.3) is 33.4 Å². The lowest BCUT2D eigenvalue weighted by atomic mass is 9.63. The molecule has 2 aliphatic rings. The number of rotatable bonds is 5. The van der Waals surface area contributed by atoms with E-state index >= 15 is 0 Å². The van der Waals surface area contributed by atoms with E-state index in [9.17, 15) is 0 Å². The fraction of sp³-hybridized carbons (Fsp3) is 0.0612. The van der Waals surface area contributed by atoms with Crippen LogP contribution in [-0.2, 0) is 12.0 Å². The fourth-order valence-corrected chi connectivity index (χ4v) is 9.48. The van der Waals surface area contributed by atoms with E-state index < -0.39 is 5.41 Å². The Morgan fingerprint density at radius 2 is 1.00 bits per heavy atom. The molecule has 1 aromatic heterocycles. The molecule has 0 radical (unpaired) electrons. The van der Waals surface area contributed by atoms with Crippen LogP contribution < -0.4 is 9.64 Å². The molecule has 52 heavy (non-hydrogen) atoms. The van der Waals surface area contributed by atoms with Gasteiger partial charge >= 0.3 is 0 Å². The smallest absolute Gasteiger partial charge is 0.132 e. The molecule has 3 heterocycles. The van der Waals surface area contributed by atoms with Gasteiger partial charge in [0.05, 0.1) is 11.1 Å². The van der Waals surface area contributed by atoms with E-state index in [1.54, 1.807) is 0 Å². The Morgan fingerprint density at radius 3 is 1.58 bits per heavy atom. The number of thiophene rings is 1. The van der Waals surface area contributed by atoms with Crippen molar-refractivity contribution in [3.63, 3.8) is 0 Å². The van der Waals surface area contributed by atoms with Gasteiger partial charge in [-0.15, -0.1) is 11.3 Å². The highest BCUT2D eigenvalue weighted by molar-refractivity contribution is 7.10. The third-order valence-corrected chi connectivity index (χ3v) is 11.9. The van der Waals surface area contributed by atoms with E-state index in [0.717, 1.165) is 18.0 Å². The van der Waals surface area contributed by atoms with E-state index in [1.807, 2.05) is 11.3 Å². The van der Waals surface area contributed by atoms with Crippen LogP contribution in [0.5, 0.6) is 11.5 Å². The predicted octanol–water partition coefficient (Wildman–Crippen LogP) is 13.2. The minimum absolute atomic E-state index is 0.596. The molecule has 2 nitrogen and oxygen atoms in total. The van der Waals surface area contributed by atoms with Crippen LogP contribution in [0.15, 0.2) is 181 Å². The van der Waals surface area contributed by atoms with Gasteiger partial charge in [-0.05, 0) is 98.8 Å². The third-order valence-electron chi connectivity index (χ3n) is 10.9. The zero-order valence-corrected chi connectivity index (χ0v) is 29.6. The lowest BCUT2D eigenvalue weighted by Crippen LogP contribution is -2.39. The van der Waals surface area contributed by atoms with Crippen molar-refractivity contribution < 1.29 is 4.74 Å². The number of anilines is 2. The molecule has 0 unspecified atom stereocenters. The minimum Gasteiger partial charge on any atom is -0.457 e. The topological polar surface area (TPSA) is 12.5 Å². The summed E-state index contributed by atoms with van der Waals surface area (Å²) < 4.78 is 6.87. The molecule has 2 aliphatic heterocycles. The van der Waals surface area contributed by atoms with E-state index in [2.05, 4.69) is 193 Å². The van der Waals surface area contributed by atoms with Crippen molar-refractivity contribution in [2.45, 2.75) is 18.9 Å². The van der Waals surface area contributed by atoms with Gasteiger partial charge in [-0.3, -0.25) is 0 Å². The van der Waals surface area contributed by atoms with Gasteiger partial charge in [0, 0.05) is 28.2 Å². The number of benzene rings is 7. The number of nitrogens with zero attached hydrogens (tertiary/aromatic N) is 1. The quantitative estimate of drug-likeness (QED) is 0.179. The molecular weight excluding hydrogens is 651 g/mol. The lowest BCUT2D eigenvalue weighted by Gasteiger charge is -2.47. The Balaban J connectivity index is 1.20. The Labute approximate surface area is 308 Å². The van der Waals surface area contributed by atoms with Gasteiger partial charge in [-0.2, -0.15) is 0 Å². The molecule has 0 bridgehead atoms. The van der Waals surface area contributed by atoms with Gasteiger partial charge < -0.3 is 9.64 Å². The first kappa shape index (κ1) is 30.6. The Hall–Kier alpha value is -6.16. The highest BCUT2D eigenvalue weighted by atomic mass is 32.1. The van der Waals surface area contributed by atoms with Crippen LogP contribution >= 0.6 is 11.3 Å². The van der Waals surface area contributed by atoms with Crippen molar-refractivity contribution >= 4 is 22.7 Å². The normalized spacial score (nSPS) is 13.4. The summed E-state index contributed by atoms with van der Waals surface area (Å²) >= 11 is 1.85. The first-order valence-corrected chi connectivity index (χ1v) is 18.7. The standard InChI is InChI=1S/C49H35NOS/c1-33-29-37(34-13-5-2-6-14-34)21-22-40(33)32-50-44-20-12-11-19-41(44)49(48-45(50)27-28-52-48)42-30-38(35-15-7-3-8-16-35)23-25-46(42)51-47-26-24-39(31-43(47)49)36-17-9-4-10-18-36/h2-31H,32H2,1H3. The lowest BCUT2D eigenvalue weighted by molar-refractivity contribution is 0.435. The van der Waals surface area contributed by atoms with Crippen LogP contribution in [0.2, 0.25) is 0 Å². The molecule has 0 N–H and O–H groups in total. The zero-order chi connectivity index (χ0) is 34.6. The van der Waals surface area contributed by atoms with Crippen molar-refractivity contribution in [1.82, 2.24) is 0 Å². The Morgan fingerprint density at radius 1 is 0.481 bits per heavy atom. The van der Waals surface area contributed by atoms with Crippen LogP contribution in [-0.4, -0.2) is 0 Å². The molecule has 3 heteroatoms. The summed E-state index contributed by atoms with van der Waals surface area (Å²) in [5, 5.41) is 2.27. The summed E-state index contributed by atoms with van der Waals surface area (Å²) in [6, 6.07) is 63.8.